The van der Waals surface area contributed by atoms with Crippen LogP contribution in [-0.2, 0) is 6.54 Å². The van der Waals surface area contributed by atoms with Crippen LogP contribution in [0, 0.1) is 11.6 Å². The number of hydrogen-bond acceptors (Lipinski definition) is 2. The Bertz CT molecular complexity index is 788. The molecule has 1 aromatic heterocycles. The second-order valence-electron chi connectivity index (χ2n) is 4.47. The molecule has 3 nitrogen and oxygen atoms in total. The first-order valence-corrected chi connectivity index (χ1v) is 6.70. The monoisotopic (exact) mass is 308 g/mol. The second-order valence-corrected chi connectivity index (χ2v) is 4.88. The summed E-state index contributed by atoms with van der Waals surface area (Å²) in [5, 5.41) is 0.529. The summed E-state index contributed by atoms with van der Waals surface area (Å²) in [7, 11) is 0. The quantitative estimate of drug-likeness (QED) is 0.727. The largest absolute Gasteiger partial charge is 0.490 e. The van der Waals surface area contributed by atoms with Gasteiger partial charge in [0.15, 0.2) is 11.6 Å². The van der Waals surface area contributed by atoms with E-state index in [1.165, 1.54) is 6.33 Å². The zero-order valence-electron chi connectivity index (χ0n) is 10.9. The minimum Gasteiger partial charge on any atom is -0.490 e. The Morgan fingerprint density at radius 1 is 1.14 bits per heavy atom. The number of nitrogens with zero attached hydrogens (tertiary/aromatic N) is 2. The molecule has 2 aromatic carbocycles. The Kier molecular flexibility index (Phi) is 3.75. The van der Waals surface area contributed by atoms with Crippen LogP contribution in [0.15, 0.2) is 42.7 Å². The Hall–Kier alpha value is -2.14. The fraction of sp³-hybridized carbons (Fsp3) is 0.133. The minimum atomic E-state index is -0.903. The normalized spacial score (nSPS) is 11.0. The summed E-state index contributed by atoms with van der Waals surface area (Å²) in [4.78, 5) is 4.04. The van der Waals surface area contributed by atoms with Crippen molar-refractivity contribution in [3.05, 3.63) is 59.4 Å². The maximum absolute atomic E-state index is 13.3. The predicted octanol–water partition coefficient (Wildman–Crippen LogP) is 4.05. The van der Waals surface area contributed by atoms with Gasteiger partial charge in [-0.3, -0.25) is 0 Å². The lowest BCUT2D eigenvalue weighted by Crippen LogP contribution is -2.07. The van der Waals surface area contributed by atoms with Gasteiger partial charge in [-0.05, 0) is 12.1 Å². The Morgan fingerprint density at radius 2 is 1.90 bits per heavy atom. The van der Waals surface area contributed by atoms with E-state index in [1.807, 2.05) is 12.1 Å². The standard InChI is InChI=1S/C15H11ClF2N2O/c16-10-3-1-2-4-15(10)21-6-5-20-9-19-13-7-11(17)12(18)8-14(13)20/h1-4,7-9H,5-6H2. The molecule has 0 amide bonds. The molecule has 0 saturated carbocycles. The first-order valence-electron chi connectivity index (χ1n) is 6.32. The highest BCUT2D eigenvalue weighted by Crippen LogP contribution is 2.23. The fourth-order valence-corrected chi connectivity index (χ4v) is 2.24. The highest BCUT2D eigenvalue weighted by molar-refractivity contribution is 6.32. The number of halogens is 3. The smallest absolute Gasteiger partial charge is 0.161 e. The van der Waals surface area contributed by atoms with E-state index >= 15 is 0 Å². The van der Waals surface area contributed by atoms with Crippen molar-refractivity contribution in [3.63, 3.8) is 0 Å². The van der Waals surface area contributed by atoms with E-state index in [9.17, 15) is 8.78 Å². The maximum Gasteiger partial charge on any atom is 0.161 e. The van der Waals surface area contributed by atoms with Crippen molar-refractivity contribution >= 4 is 22.6 Å². The number of rotatable bonds is 4. The molecule has 3 rings (SSSR count). The lowest BCUT2D eigenvalue weighted by Gasteiger charge is -2.09. The zero-order valence-corrected chi connectivity index (χ0v) is 11.6. The van der Waals surface area contributed by atoms with Crippen LogP contribution < -0.4 is 4.74 Å². The van der Waals surface area contributed by atoms with Crippen molar-refractivity contribution in [1.29, 1.82) is 0 Å². The van der Waals surface area contributed by atoms with Crippen LogP contribution in [0.3, 0.4) is 0 Å². The third kappa shape index (κ3) is 2.83. The van der Waals surface area contributed by atoms with E-state index in [0.29, 0.717) is 35.0 Å². The van der Waals surface area contributed by atoms with Gasteiger partial charge in [-0.15, -0.1) is 0 Å². The molecular formula is C15H11ClF2N2O. The number of fused-ring (bicyclic) bond motifs is 1. The lowest BCUT2D eigenvalue weighted by molar-refractivity contribution is 0.300. The first kappa shape index (κ1) is 13.8. The maximum atomic E-state index is 13.3. The van der Waals surface area contributed by atoms with Crippen molar-refractivity contribution in [2.24, 2.45) is 0 Å². The Morgan fingerprint density at radius 3 is 2.71 bits per heavy atom. The molecule has 0 atom stereocenters. The van der Waals surface area contributed by atoms with Gasteiger partial charge in [0.05, 0.1) is 28.9 Å². The molecule has 3 aromatic rings. The summed E-state index contributed by atoms with van der Waals surface area (Å²) in [5.41, 5.74) is 0.934. The van der Waals surface area contributed by atoms with Gasteiger partial charge >= 0.3 is 0 Å². The molecule has 0 saturated heterocycles. The molecule has 0 fully saturated rings. The van der Waals surface area contributed by atoms with Crippen LogP contribution in [0.25, 0.3) is 11.0 Å². The van der Waals surface area contributed by atoms with Gasteiger partial charge in [0.25, 0.3) is 0 Å². The average Bonchev–Trinajstić information content (AvgIpc) is 2.84. The molecule has 0 radical (unpaired) electrons. The number of hydrogen-bond donors (Lipinski definition) is 0. The molecule has 1 heterocycles. The molecule has 21 heavy (non-hydrogen) atoms. The average molecular weight is 309 g/mol. The third-order valence-corrected chi connectivity index (χ3v) is 3.40. The Balaban J connectivity index is 1.74. The summed E-state index contributed by atoms with van der Waals surface area (Å²) in [5.74, 6) is -1.21. The van der Waals surface area contributed by atoms with Gasteiger partial charge in [-0.1, -0.05) is 23.7 Å². The molecule has 108 valence electrons. The van der Waals surface area contributed by atoms with Crippen LogP contribution in [0.4, 0.5) is 8.78 Å². The van der Waals surface area contributed by atoms with Gasteiger partial charge in [-0.2, -0.15) is 0 Å². The van der Waals surface area contributed by atoms with E-state index in [-0.39, 0.29) is 0 Å². The van der Waals surface area contributed by atoms with Crippen molar-refractivity contribution in [3.8, 4) is 5.75 Å². The molecule has 0 bridgehead atoms. The highest BCUT2D eigenvalue weighted by Gasteiger charge is 2.09. The number of ether oxygens (including phenoxy) is 1. The molecule has 0 aliphatic rings. The summed E-state index contributed by atoms with van der Waals surface area (Å²) in [6.07, 6.45) is 1.53. The van der Waals surface area contributed by atoms with Crippen molar-refractivity contribution in [2.45, 2.75) is 6.54 Å². The first-order chi connectivity index (χ1) is 10.1. The molecule has 0 aliphatic heterocycles. The molecular weight excluding hydrogens is 298 g/mol. The van der Waals surface area contributed by atoms with Crippen LogP contribution in [0.5, 0.6) is 5.75 Å². The van der Waals surface area contributed by atoms with Crippen LogP contribution in [-0.4, -0.2) is 16.2 Å². The minimum absolute atomic E-state index is 0.341. The lowest BCUT2D eigenvalue weighted by atomic mass is 10.3. The van der Waals surface area contributed by atoms with Crippen molar-refractivity contribution in [2.75, 3.05) is 6.61 Å². The van der Waals surface area contributed by atoms with E-state index < -0.39 is 11.6 Å². The zero-order chi connectivity index (χ0) is 14.8. The van der Waals surface area contributed by atoms with Gasteiger partial charge < -0.3 is 9.30 Å². The number of imidazole rings is 1. The number of benzene rings is 2. The molecule has 0 spiro atoms. The van der Waals surface area contributed by atoms with Crippen molar-refractivity contribution < 1.29 is 13.5 Å². The van der Waals surface area contributed by atoms with Crippen LogP contribution >= 0.6 is 11.6 Å². The van der Waals surface area contributed by atoms with Gasteiger partial charge in [0, 0.05) is 12.1 Å². The second kappa shape index (κ2) is 5.69. The van der Waals surface area contributed by atoms with Gasteiger partial charge in [0.2, 0.25) is 0 Å². The molecule has 0 N–H and O–H groups in total. The number of para-hydroxylation sites is 1. The van der Waals surface area contributed by atoms with E-state index in [4.69, 9.17) is 16.3 Å². The van der Waals surface area contributed by atoms with Crippen molar-refractivity contribution in [1.82, 2.24) is 9.55 Å². The van der Waals surface area contributed by atoms with Crippen LogP contribution in [0.1, 0.15) is 0 Å². The van der Waals surface area contributed by atoms with Crippen LogP contribution in [0.2, 0.25) is 5.02 Å². The fourth-order valence-electron chi connectivity index (χ4n) is 2.05. The summed E-state index contributed by atoms with van der Waals surface area (Å²) in [6, 6.07) is 9.36. The summed E-state index contributed by atoms with van der Waals surface area (Å²) < 4.78 is 33.7. The Labute approximate surface area is 124 Å². The van der Waals surface area contributed by atoms with E-state index in [1.54, 1.807) is 16.7 Å². The molecule has 0 aliphatic carbocycles. The predicted molar refractivity (Wildman–Crippen MR) is 76.6 cm³/mol. The topological polar surface area (TPSA) is 27.1 Å². The molecule has 6 heteroatoms. The number of aromatic nitrogens is 2. The summed E-state index contributed by atoms with van der Waals surface area (Å²) in [6.45, 7) is 0.793. The summed E-state index contributed by atoms with van der Waals surface area (Å²) >= 11 is 5.98. The van der Waals surface area contributed by atoms with Gasteiger partial charge in [-0.25, -0.2) is 13.8 Å². The molecule has 0 unspecified atom stereocenters. The van der Waals surface area contributed by atoms with E-state index in [0.717, 1.165) is 12.1 Å². The highest BCUT2D eigenvalue weighted by atomic mass is 35.5. The van der Waals surface area contributed by atoms with Gasteiger partial charge in [0.1, 0.15) is 12.4 Å². The third-order valence-electron chi connectivity index (χ3n) is 3.09. The van der Waals surface area contributed by atoms with E-state index in [2.05, 4.69) is 4.98 Å². The SMILES string of the molecule is Fc1cc2ncn(CCOc3ccccc3Cl)c2cc1F.